The molecule has 0 saturated carbocycles. The van der Waals surface area contributed by atoms with Crippen LogP contribution in [0.25, 0.3) is 0 Å². The third kappa shape index (κ3) is 4.68. The maximum Gasteiger partial charge on any atom is 0.270 e. The van der Waals surface area contributed by atoms with E-state index in [2.05, 4.69) is 5.32 Å². The number of nitro benzene ring substituents is 1. The lowest BCUT2D eigenvalue weighted by molar-refractivity contribution is -0.384. The zero-order valence-electron chi connectivity index (χ0n) is 12.5. The van der Waals surface area contributed by atoms with E-state index in [0.29, 0.717) is 30.9 Å². The summed E-state index contributed by atoms with van der Waals surface area (Å²) in [6, 6.07) is 5.06. The molecule has 1 aliphatic heterocycles. The molecule has 0 amide bonds. The average molecular weight is 294 g/mol. The van der Waals surface area contributed by atoms with E-state index >= 15 is 0 Å². The van der Waals surface area contributed by atoms with Gasteiger partial charge in [0, 0.05) is 42.8 Å². The van der Waals surface area contributed by atoms with Crippen LogP contribution in [-0.2, 0) is 11.3 Å². The second kappa shape index (κ2) is 7.38. The van der Waals surface area contributed by atoms with Gasteiger partial charge in [0.15, 0.2) is 0 Å². The molecule has 1 saturated heterocycles. The predicted molar refractivity (Wildman–Crippen MR) is 79.5 cm³/mol. The first-order chi connectivity index (χ1) is 10.1. The monoisotopic (exact) mass is 294 g/mol. The van der Waals surface area contributed by atoms with Gasteiger partial charge in [-0.3, -0.25) is 10.1 Å². The van der Waals surface area contributed by atoms with E-state index in [4.69, 9.17) is 9.47 Å². The molecule has 1 aromatic rings. The first kappa shape index (κ1) is 15.7. The van der Waals surface area contributed by atoms with Crippen molar-refractivity contribution in [3.8, 4) is 5.75 Å². The van der Waals surface area contributed by atoms with E-state index in [1.807, 2.05) is 13.8 Å². The number of hydrogen-bond acceptors (Lipinski definition) is 5. The fourth-order valence-corrected chi connectivity index (χ4v) is 2.19. The number of non-ortho nitro benzene ring substituents is 1. The smallest absolute Gasteiger partial charge is 0.270 e. The summed E-state index contributed by atoms with van der Waals surface area (Å²) in [5, 5.41) is 14.2. The normalized spacial score (nSPS) is 18.1. The van der Waals surface area contributed by atoms with Gasteiger partial charge in [0.2, 0.25) is 0 Å². The van der Waals surface area contributed by atoms with Gasteiger partial charge >= 0.3 is 0 Å². The van der Waals surface area contributed by atoms with Crippen molar-refractivity contribution in [3.63, 3.8) is 0 Å². The molecule has 1 unspecified atom stereocenters. The predicted octanol–water partition coefficient (Wildman–Crippen LogP) is 2.51. The largest absolute Gasteiger partial charge is 0.493 e. The summed E-state index contributed by atoms with van der Waals surface area (Å²) in [6.07, 6.45) is 1.01. The van der Waals surface area contributed by atoms with Crippen LogP contribution in [0.15, 0.2) is 18.2 Å². The van der Waals surface area contributed by atoms with Gasteiger partial charge in [-0.15, -0.1) is 0 Å². The third-order valence-electron chi connectivity index (χ3n) is 3.45. The number of nitrogens with one attached hydrogen (secondary N) is 1. The lowest BCUT2D eigenvalue weighted by Gasteiger charge is -2.15. The number of benzene rings is 1. The van der Waals surface area contributed by atoms with Gasteiger partial charge in [0.05, 0.1) is 18.1 Å². The summed E-state index contributed by atoms with van der Waals surface area (Å²) in [7, 11) is 0. The van der Waals surface area contributed by atoms with Crippen LogP contribution in [0.5, 0.6) is 5.75 Å². The highest BCUT2D eigenvalue weighted by molar-refractivity contribution is 5.43. The van der Waals surface area contributed by atoms with Gasteiger partial charge in [0.1, 0.15) is 5.75 Å². The van der Waals surface area contributed by atoms with Crippen molar-refractivity contribution < 1.29 is 14.4 Å². The number of ether oxygens (including phenoxy) is 2. The fourth-order valence-electron chi connectivity index (χ4n) is 2.19. The van der Waals surface area contributed by atoms with Gasteiger partial charge in [-0.05, 0) is 12.5 Å². The Hall–Kier alpha value is -1.66. The second-order valence-electron chi connectivity index (χ2n) is 5.63. The standard InChI is InChI=1S/C15H22N2O4/c1-11(2)16-8-13-7-14(17(18)19)3-4-15(13)21-10-12-5-6-20-9-12/h3-4,7,11-12,16H,5-6,8-10H2,1-2H3. The minimum absolute atomic E-state index is 0.0899. The number of nitro groups is 1. The molecule has 0 radical (unpaired) electrons. The lowest BCUT2D eigenvalue weighted by Crippen LogP contribution is -2.22. The Morgan fingerprint density at radius 2 is 2.33 bits per heavy atom. The van der Waals surface area contributed by atoms with Crippen LogP contribution in [-0.4, -0.2) is 30.8 Å². The molecule has 1 atom stereocenters. The summed E-state index contributed by atoms with van der Waals surface area (Å²) in [6.45, 7) is 6.73. The highest BCUT2D eigenvalue weighted by atomic mass is 16.6. The molecule has 1 fully saturated rings. The Bertz CT molecular complexity index is 485. The highest BCUT2D eigenvalue weighted by Gasteiger charge is 2.18. The topological polar surface area (TPSA) is 73.6 Å². The summed E-state index contributed by atoms with van der Waals surface area (Å²) >= 11 is 0. The maximum absolute atomic E-state index is 10.9. The van der Waals surface area contributed by atoms with Crippen molar-refractivity contribution in [1.29, 1.82) is 0 Å². The van der Waals surface area contributed by atoms with Crippen molar-refractivity contribution in [2.75, 3.05) is 19.8 Å². The summed E-state index contributed by atoms with van der Waals surface area (Å²) in [5.41, 5.74) is 0.906. The molecule has 0 spiro atoms. The molecule has 116 valence electrons. The van der Waals surface area contributed by atoms with Gasteiger partial charge < -0.3 is 14.8 Å². The minimum atomic E-state index is -0.381. The lowest BCUT2D eigenvalue weighted by atomic mass is 10.1. The molecule has 0 aromatic heterocycles. The van der Waals surface area contributed by atoms with E-state index in [9.17, 15) is 10.1 Å². The number of hydrogen-bond donors (Lipinski definition) is 1. The number of rotatable bonds is 7. The van der Waals surface area contributed by atoms with E-state index in [-0.39, 0.29) is 10.6 Å². The SMILES string of the molecule is CC(C)NCc1cc([N+](=O)[O-])ccc1OCC1CCOC1. The second-order valence-corrected chi connectivity index (χ2v) is 5.63. The molecule has 1 aliphatic rings. The zero-order valence-corrected chi connectivity index (χ0v) is 12.5. The molecule has 21 heavy (non-hydrogen) atoms. The molecular formula is C15H22N2O4. The summed E-state index contributed by atoms with van der Waals surface area (Å²) in [5.74, 6) is 1.12. The molecule has 0 aliphatic carbocycles. The Balaban J connectivity index is 2.07. The van der Waals surface area contributed by atoms with E-state index in [1.165, 1.54) is 6.07 Å². The van der Waals surface area contributed by atoms with Crippen LogP contribution in [0.1, 0.15) is 25.8 Å². The van der Waals surface area contributed by atoms with Crippen LogP contribution in [0, 0.1) is 16.0 Å². The van der Waals surface area contributed by atoms with Crippen molar-refractivity contribution >= 4 is 5.69 Å². The maximum atomic E-state index is 10.9. The molecule has 1 heterocycles. The van der Waals surface area contributed by atoms with Crippen molar-refractivity contribution in [2.45, 2.75) is 32.9 Å². The first-order valence-electron chi connectivity index (χ1n) is 7.27. The zero-order chi connectivity index (χ0) is 15.2. The van der Waals surface area contributed by atoms with Crippen LogP contribution >= 0.6 is 0 Å². The molecule has 2 rings (SSSR count). The van der Waals surface area contributed by atoms with Crippen molar-refractivity contribution in [1.82, 2.24) is 5.32 Å². The molecular weight excluding hydrogens is 272 g/mol. The molecule has 6 heteroatoms. The quantitative estimate of drug-likeness (QED) is 0.618. The Morgan fingerprint density at radius 1 is 1.52 bits per heavy atom. The Labute approximate surface area is 124 Å². The van der Waals surface area contributed by atoms with Crippen LogP contribution in [0.3, 0.4) is 0 Å². The minimum Gasteiger partial charge on any atom is -0.493 e. The average Bonchev–Trinajstić information content (AvgIpc) is 2.96. The van der Waals surface area contributed by atoms with Gasteiger partial charge in [-0.2, -0.15) is 0 Å². The van der Waals surface area contributed by atoms with E-state index in [1.54, 1.807) is 12.1 Å². The van der Waals surface area contributed by atoms with Gasteiger partial charge in [-0.1, -0.05) is 13.8 Å². The highest BCUT2D eigenvalue weighted by Crippen LogP contribution is 2.25. The molecule has 1 N–H and O–H groups in total. The van der Waals surface area contributed by atoms with Crippen LogP contribution in [0.4, 0.5) is 5.69 Å². The van der Waals surface area contributed by atoms with Gasteiger partial charge in [0.25, 0.3) is 5.69 Å². The molecule has 6 nitrogen and oxygen atoms in total. The Kier molecular flexibility index (Phi) is 5.52. The molecule has 1 aromatic carbocycles. The van der Waals surface area contributed by atoms with Gasteiger partial charge in [-0.25, -0.2) is 0 Å². The van der Waals surface area contributed by atoms with E-state index < -0.39 is 0 Å². The van der Waals surface area contributed by atoms with Crippen LogP contribution < -0.4 is 10.1 Å². The van der Waals surface area contributed by atoms with Crippen molar-refractivity contribution in [2.24, 2.45) is 5.92 Å². The summed E-state index contributed by atoms with van der Waals surface area (Å²) in [4.78, 5) is 10.5. The fraction of sp³-hybridized carbons (Fsp3) is 0.600. The summed E-state index contributed by atoms with van der Waals surface area (Å²) < 4.78 is 11.2. The first-order valence-corrected chi connectivity index (χ1v) is 7.27. The van der Waals surface area contributed by atoms with Crippen LogP contribution in [0.2, 0.25) is 0 Å². The Morgan fingerprint density at radius 3 is 2.95 bits per heavy atom. The van der Waals surface area contributed by atoms with Crippen molar-refractivity contribution in [3.05, 3.63) is 33.9 Å². The molecule has 0 bridgehead atoms. The third-order valence-corrected chi connectivity index (χ3v) is 3.45. The number of nitrogens with zero attached hydrogens (tertiary/aromatic N) is 1. The van der Waals surface area contributed by atoms with E-state index in [0.717, 1.165) is 25.2 Å².